The molecule has 1 aromatic rings. The van der Waals surface area contributed by atoms with Gasteiger partial charge in [-0.25, -0.2) is 9.59 Å². The number of carbonyl (C=O) groups excluding carboxylic acids is 2. The third-order valence-corrected chi connectivity index (χ3v) is 4.81. The largest absolute Gasteiger partial charge is 0.488 e. The lowest BCUT2D eigenvalue weighted by atomic mass is 10.0. The maximum absolute atomic E-state index is 12.2. The molecule has 3 rings (SSSR count). The molecule has 2 aliphatic rings. The summed E-state index contributed by atoms with van der Waals surface area (Å²) in [6.07, 6.45) is 2.32. The number of ether oxygens (including phenoxy) is 1. The maximum atomic E-state index is 12.2. The van der Waals surface area contributed by atoms with Crippen LogP contribution in [0.1, 0.15) is 12.8 Å². The second-order valence-corrected chi connectivity index (χ2v) is 6.51. The molecule has 156 valence electrons. The molecule has 2 saturated heterocycles. The Bertz CT molecular complexity index is 642. The van der Waals surface area contributed by atoms with Gasteiger partial charge in [0.1, 0.15) is 18.3 Å². The fourth-order valence-electron chi connectivity index (χ4n) is 3.31. The molecule has 9 heteroatoms. The van der Waals surface area contributed by atoms with Gasteiger partial charge in [0.2, 0.25) is 0 Å². The average Bonchev–Trinajstić information content (AvgIpc) is 2.70. The van der Waals surface area contributed by atoms with Gasteiger partial charge in [0.05, 0.1) is 0 Å². The van der Waals surface area contributed by atoms with Crippen molar-refractivity contribution >= 4 is 36.7 Å². The molecular weight excluding hydrogens is 405 g/mol. The summed E-state index contributed by atoms with van der Waals surface area (Å²) in [6.45, 7) is 4.98. The maximum Gasteiger partial charge on any atom is 0.367 e. The Kier molecular flexibility index (Phi) is 11.2. The lowest BCUT2D eigenvalue weighted by Crippen LogP contribution is -2.53. The normalized spacial score (nSPS) is 18.1. The molecule has 0 spiro atoms. The van der Waals surface area contributed by atoms with Gasteiger partial charge < -0.3 is 14.9 Å². The molecule has 0 saturated carbocycles. The molecule has 2 aliphatic heterocycles. The van der Waals surface area contributed by atoms with Crippen molar-refractivity contribution in [2.24, 2.45) is 0 Å². The molecule has 2 heterocycles. The smallest absolute Gasteiger partial charge is 0.367 e. The third kappa shape index (κ3) is 7.09. The summed E-state index contributed by atoms with van der Waals surface area (Å²) in [7, 11) is 0. The summed E-state index contributed by atoms with van der Waals surface area (Å²) in [5.41, 5.74) is -0.144. The summed E-state index contributed by atoms with van der Waals surface area (Å²) < 4.78 is 5.43. The highest BCUT2D eigenvalue weighted by atomic mass is 35.5. The van der Waals surface area contributed by atoms with E-state index in [0.717, 1.165) is 39.0 Å². The number of piperazine rings is 1. The Labute approximate surface area is 177 Å². The van der Waals surface area contributed by atoms with Gasteiger partial charge in [-0.15, -0.1) is 29.9 Å². The van der Waals surface area contributed by atoms with Crippen molar-refractivity contribution in [1.82, 2.24) is 15.3 Å². The van der Waals surface area contributed by atoms with Gasteiger partial charge in [-0.1, -0.05) is 18.2 Å². The van der Waals surface area contributed by atoms with Gasteiger partial charge in [-0.3, -0.25) is 4.90 Å². The quantitative estimate of drug-likeness (QED) is 0.540. The lowest BCUT2D eigenvalue weighted by molar-refractivity contribution is -0.194. The molecule has 0 aliphatic carbocycles. The number of rotatable bonds is 6. The molecule has 0 amide bonds. The molecule has 7 nitrogen and oxygen atoms in total. The van der Waals surface area contributed by atoms with E-state index in [9.17, 15) is 9.59 Å². The summed E-state index contributed by atoms with van der Waals surface area (Å²) in [4.78, 5) is 31.1. The standard InChI is InChI=1S/C19H25N3O4.2ClH/c23-14-16(15-25-18-4-2-1-3-5-18)19(24)26-22-12-10-21(11-13-22)17-6-8-20-9-7-17;;/h1-5,17,20H,6-13,15H2;2*1H. The van der Waals surface area contributed by atoms with Crippen LogP contribution in [0.5, 0.6) is 5.75 Å². The second-order valence-electron chi connectivity index (χ2n) is 6.51. The summed E-state index contributed by atoms with van der Waals surface area (Å²) in [5, 5.41) is 5.00. The van der Waals surface area contributed by atoms with Crippen LogP contribution in [0.3, 0.4) is 0 Å². The topological polar surface area (TPSA) is 71.1 Å². The number of hydroxylamine groups is 2. The van der Waals surface area contributed by atoms with Crippen molar-refractivity contribution in [3.05, 3.63) is 35.9 Å². The summed E-state index contributed by atoms with van der Waals surface area (Å²) in [6, 6.07) is 9.63. The van der Waals surface area contributed by atoms with Crippen LogP contribution in [0.4, 0.5) is 0 Å². The number of carbonyl (C=O) groups is 1. The highest BCUT2D eigenvalue weighted by Gasteiger charge is 2.27. The van der Waals surface area contributed by atoms with E-state index in [0.29, 0.717) is 24.9 Å². The van der Waals surface area contributed by atoms with Crippen LogP contribution in [-0.2, 0) is 14.4 Å². The fourth-order valence-corrected chi connectivity index (χ4v) is 3.31. The van der Waals surface area contributed by atoms with Crippen molar-refractivity contribution in [3.63, 3.8) is 0 Å². The number of hydrogen-bond acceptors (Lipinski definition) is 7. The van der Waals surface area contributed by atoms with Gasteiger partial charge in [0.15, 0.2) is 5.57 Å². The predicted octanol–water partition coefficient (Wildman–Crippen LogP) is 1.49. The van der Waals surface area contributed by atoms with Crippen molar-refractivity contribution in [2.75, 3.05) is 45.9 Å². The molecule has 1 aromatic carbocycles. The first-order chi connectivity index (χ1) is 12.8. The molecule has 0 atom stereocenters. The fraction of sp³-hybridized carbons (Fsp3) is 0.526. The van der Waals surface area contributed by atoms with E-state index in [-0.39, 0.29) is 37.0 Å². The Hall–Kier alpha value is -1.60. The Morgan fingerprint density at radius 1 is 1.07 bits per heavy atom. The van der Waals surface area contributed by atoms with Crippen molar-refractivity contribution in [2.45, 2.75) is 18.9 Å². The van der Waals surface area contributed by atoms with Crippen LogP contribution in [0.15, 0.2) is 35.9 Å². The van der Waals surface area contributed by atoms with Crippen LogP contribution in [0, 0.1) is 0 Å². The van der Waals surface area contributed by atoms with E-state index in [1.807, 2.05) is 18.2 Å². The Morgan fingerprint density at radius 2 is 1.71 bits per heavy atom. The SMILES string of the molecule is Cl.Cl.O=C=C(COc1ccccc1)C(=O)ON1CCN(C2CCNCC2)CC1. The van der Waals surface area contributed by atoms with Crippen molar-refractivity contribution in [3.8, 4) is 5.75 Å². The number of nitrogens with zero attached hydrogens (tertiary/aromatic N) is 2. The van der Waals surface area contributed by atoms with Crippen molar-refractivity contribution < 1.29 is 19.2 Å². The number of hydrogen-bond donors (Lipinski definition) is 1. The average molecular weight is 432 g/mol. The van der Waals surface area contributed by atoms with Crippen LogP contribution in [0.25, 0.3) is 0 Å². The highest BCUT2D eigenvalue weighted by Crippen LogP contribution is 2.15. The molecule has 0 radical (unpaired) electrons. The van der Waals surface area contributed by atoms with Gasteiger partial charge in [0, 0.05) is 32.2 Å². The summed E-state index contributed by atoms with van der Waals surface area (Å²) >= 11 is 0. The minimum atomic E-state index is -0.689. The molecule has 1 N–H and O–H groups in total. The first-order valence-electron chi connectivity index (χ1n) is 9.10. The molecule has 28 heavy (non-hydrogen) atoms. The van der Waals surface area contributed by atoms with Gasteiger partial charge in [-0.05, 0) is 38.1 Å². The zero-order valence-corrected chi connectivity index (χ0v) is 17.3. The molecule has 2 fully saturated rings. The molecular formula is C19H27Cl2N3O4. The monoisotopic (exact) mass is 431 g/mol. The number of benzene rings is 1. The second kappa shape index (κ2) is 12.8. The number of nitrogens with one attached hydrogen (secondary N) is 1. The van der Waals surface area contributed by atoms with Crippen LogP contribution >= 0.6 is 24.8 Å². The van der Waals surface area contributed by atoms with Crippen LogP contribution < -0.4 is 10.1 Å². The summed E-state index contributed by atoms with van der Waals surface area (Å²) in [5.74, 6) is 1.54. The van der Waals surface area contributed by atoms with Gasteiger partial charge in [0.25, 0.3) is 0 Å². The van der Waals surface area contributed by atoms with E-state index < -0.39 is 5.97 Å². The van der Waals surface area contributed by atoms with Gasteiger partial charge >= 0.3 is 5.97 Å². The number of piperidine rings is 1. The highest BCUT2D eigenvalue weighted by molar-refractivity contribution is 5.96. The predicted molar refractivity (Wildman–Crippen MR) is 111 cm³/mol. The van der Waals surface area contributed by atoms with E-state index >= 15 is 0 Å². The Balaban J connectivity index is 0.00000196. The van der Waals surface area contributed by atoms with Crippen LogP contribution in [0.2, 0.25) is 0 Å². The first kappa shape index (κ1) is 24.4. The molecule has 0 unspecified atom stereocenters. The Morgan fingerprint density at radius 3 is 2.32 bits per heavy atom. The lowest BCUT2D eigenvalue weighted by Gasteiger charge is -2.39. The van der Waals surface area contributed by atoms with Crippen molar-refractivity contribution in [1.29, 1.82) is 0 Å². The number of halogens is 2. The van der Waals surface area contributed by atoms with E-state index in [1.54, 1.807) is 23.1 Å². The van der Waals surface area contributed by atoms with Gasteiger partial charge in [-0.2, -0.15) is 0 Å². The zero-order chi connectivity index (χ0) is 18.2. The zero-order valence-electron chi connectivity index (χ0n) is 15.7. The van der Waals surface area contributed by atoms with E-state index in [2.05, 4.69) is 10.2 Å². The molecule has 0 aromatic heterocycles. The minimum absolute atomic E-state index is 0. The van der Waals surface area contributed by atoms with E-state index in [4.69, 9.17) is 9.57 Å². The first-order valence-corrected chi connectivity index (χ1v) is 9.10. The third-order valence-electron chi connectivity index (χ3n) is 4.81. The van der Waals surface area contributed by atoms with Crippen LogP contribution in [-0.4, -0.2) is 73.8 Å². The number of para-hydroxylation sites is 1. The molecule has 0 bridgehead atoms. The minimum Gasteiger partial charge on any atom is -0.488 e. The van der Waals surface area contributed by atoms with E-state index in [1.165, 1.54) is 0 Å².